The van der Waals surface area contributed by atoms with Gasteiger partial charge < -0.3 is 22.3 Å². The lowest BCUT2D eigenvalue weighted by atomic mass is 10.1. The Balaban J connectivity index is 0.000000236. The number of nitrogens with one attached hydrogen (secondary N) is 2. The molecule has 18 nitrogen and oxygen atoms in total. The molecule has 6 rings (SSSR count). The molecule has 0 aliphatic carbocycles. The number of sulfonamides is 2. The lowest BCUT2D eigenvalue weighted by Crippen LogP contribution is -2.33. The largest absolute Gasteiger partial charge is 0.476 e. The van der Waals surface area contributed by atoms with Gasteiger partial charge in [0.1, 0.15) is 5.69 Å². The smallest absolute Gasteiger partial charge is 0.358 e. The normalized spacial score (nSPS) is 11.1. The minimum absolute atomic E-state index is 0.0238. The van der Waals surface area contributed by atoms with Crippen molar-refractivity contribution in [3.63, 3.8) is 0 Å². The zero-order valence-corrected chi connectivity index (χ0v) is 37.9. The number of carbonyl (C=O) groups excluding carboxylic acids is 3. The molecular weight excluding hydrogens is 875 g/mol. The van der Waals surface area contributed by atoms with Crippen LogP contribution in [0, 0.1) is 25.7 Å². The molecule has 0 fully saturated rings. The summed E-state index contributed by atoms with van der Waals surface area (Å²) in [6.07, 6.45) is 2.95. The summed E-state index contributed by atoms with van der Waals surface area (Å²) in [5, 5.41) is 8.90. The molecule has 0 aliphatic rings. The monoisotopic (exact) mass is 923 g/mol. The Kier molecular flexibility index (Phi) is 16.7. The number of aromatic carboxylic acids is 1. The van der Waals surface area contributed by atoms with Gasteiger partial charge >= 0.3 is 5.97 Å². The van der Waals surface area contributed by atoms with Crippen LogP contribution in [0.5, 0.6) is 0 Å². The molecule has 20 heteroatoms. The van der Waals surface area contributed by atoms with E-state index < -0.39 is 43.7 Å². The van der Waals surface area contributed by atoms with E-state index in [9.17, 15) is 36.0 Å². The summed E-state index contributed by atoms with van der Waals surface area (Å²) in [6.45, 7) is 10.4. The second-order valence-corrected chi connectivity index (χ2v) is 18.4. The number of amides is 2. The van der Waals surface area contributed by atoms with Crippen molar-refractivity contribution >= 4 is 60.9 Å². The summed E-state index contributed by atoms with van der Waals surface area (Å²) >= 11 is 0. The van der Waals surface area contributed by atoms with Gasteiger partial charge in [0.05, 0.1) is 33.6 Å². The first-order valence-electron chi connectivity index (χ1n) is 19.7. The van der Waals surface area contributed by atoms with Gasteiger partial charge in [0.15, 0.2) is 23.1 Å². The van der Waals surface area contributed by atoms with Crippen molar-refractivity contribution < 1.29 is 41.1 Å². The van der Waals surface area contributed by atoms with Gasteiger partial charge in [-0.1, -0.05) is 99.5 Å². The van der Waals surface area contributed by atoms with E-state index in [-0.39, 0.29) is 50.9 Å². The number of anilines is 3. The highest BCUT2D eigenvalue weighted by molar-refractivity contribution is 7.90. The predicted octanol–water partition coefficient (Wildman–Crippen LogP) is 5.38. The van der Waals surface area contributed by atoms with Gasteiger partial charge in [-0.15, -0.1) is 0 Å². The number of nitrogens with zero attached hydrogens (tertiary/aromatic N) is 4. The number of hydrogen-bond donors (Lipinski definition) is 6. The molecule has 2 aromatic heterocycles. The second kappa shape index (κ2) is 21.7. The Morgan fingerprint density at radius 3 is 1.32 bits per heavy atom. The Morgan fingerprint density at radius 1 is 0.569 bits per heavy atom. The number of aromatic nitrogens is 4. The van der Waals surface area contributed by atoms with Crippen LogP contribution in [0.1, 0.15) is 65.4 Å². The zero-order chi connectivity index (χ0) is 48.2. The third-order valence-electron chi connectivity index (χ3n) is 9.07. The van der Waals surface area contributed by atoms with Crippen LogP contribution >= 0.6 is 0 Å². The molecule has 0 atom stereocenters. The number of carboxylic acids is 1. The van der Waals surface area contributed by atoms with Gasteiger partial charge in [-0.25, -0.2) is 51.0 Å². The molecule has 0 unspecified atom stereocenters. The highest BCUT2D eigenvalue weighted by Crippen LogP contribution is 2.22. The maximum absolute atomic E-state index is 12.8. The quantitative estimate of drug-likeness (QED) is 0.0663. The summed E-state index contributed by atoms with van der Waals surface area (Å²) in [5.41, 5.74) is 22.5. The van der Waals surface area contributed by atoms with E-state index in [2.05, 4.69) is 19.9 Å². The van der Waals surface area contributed by atoms with Gasteiger partial charge in [0.2, 0.25) is 11.8 Å². The number of carboxylic acid groups (broad SMARTS) is 1. The standard InChI is InChI=1S/C23H24N4O4S.C12H11N3O2.C10H14N2O3S/c1-14(2)23(29)27-32(30,31)18-10-6-16(7-11-18)12-20(28)21-22(24)25-13-19(26-21)17-8-4-15(3)5-9-17;1-7-2-4-8(5-3-7)9-6-14-11(13)10(15-9)12(16)17;1-7(2)10(13)12-16(14,15)9-5-3-8(11)4-6-9/h4-11,13-14H,12H2,1-3H3,(H2,24,25)(H,27,29);2-6H,1H3,(H2,13,14)(H,16,17);3-7H,11H2,1-2H3,(H,12,13). The van der Waals surface area contributed by atoms with Crippen molar-refractivity contribution in [2.24, 2.45) is 11.8 Å². The van der Waals surface area contributed by atoms with Crippen LogP contribution in [0.25, 0.3) is 22.5 Å². The number of hydrogen-bond acceptors (Lipinski definition) is 15. The van der Waals surface area contributed by atoms with Crippen LogP contribution < -0.4 is 26.6 Å². The van der Waals surface area contributed by atoms with Gasteiger partial charge in [0, 0.05) is 35.1 Å². The van der Waals surface area contributed by atoms with Crippen LogP contribution in [-0.2, 0) is 36.1 Å². The number of nitrogen functional groups attached to an aromatic ring is 3. The van der Waals surface area contributed by atoms with E-state index in [1.807, 2.05) is 71.8 Å². The van der Waals surface area contributed by atoms with E-state index in [1.54, 1.807) is 27.7 Å². The highest BCUT2D eigenvalue weighted by Gasteiger charge is 2.22. The van der Waals surface area contributed by atoms with Gasteiger partial charge in [-0.05, 0) is 55.8 Å². The van der Waals surface area contributed by atoms with Crippen LogP contribution in [0.2, 0.25) is 0 Å². The molecule has 340 valence electrons. The van der Waals surface area contributed by atoms with Crippen molar-refractivity contribution in [1.29, 1.82) is 0 Å². The first-order valence-corrected chi connectivity index (χ1v) is 22.7. The lowest BCUT2D eigenvalue weighted by Gasteiger charge is -2.10. The van der Waals surface area contributed by atoms with Crippen LogP contribution in [0.3, 0.4) is 0 Å². The van der Waals surface area contributed by atoms with E-state index in [0.717, 1.165) is 22.3 Å². The Morgan fingerprint density at radius 2 is 0.938 bits per heavy atom. The molecule has 4 aromatic carbocycles. The summed E-state index contributed by atoms with van der Waals surface area (Å²) < 4.78 is 52.0. The molecule has 6 aromatic rings. The molecule has 0 bridgehead atoms. The summed E-state index contributed by atoms with van der Waals surface area (Å²) in [5.74, 6) is -3.54. The number of benzene rings is 4. The lowest BCUT2D eigenvalue weighted by molar-refractivity contribution is -0.123. The molecule has 9 N–H and O–H groups in total. The summed E-state index contributed by atoms with van der Waals surface area (Å²) in [4.78, 5) is 63.0. The SMILES string of the molecule is CC(C)C(=O)NS(=O)(=O)c1ccc(N)cc1.Cc1ccc(-c2cnc(N)c(C(=O)Cc3ccc(S(=O)(=O)NC(=O)C(C)C)cc3)n2)cc1.Cc1ccc(-c2cnc(N)c(C(=O)O)n2)cc1. The maximum atomic E-state index is 12.8. The van der Waals surface area contributed by atoms with Crippen LogP contribution in [0.4, 0.5) is 17.3 Å². The van der Waals surface area contributed by atoms with Crippen molar-refractivity contribution in [3.05, 3.63) is 138 Å². The van der Waals surface area contributed by atoms with Crippen molar-refractivity contribution in [2.75, 3.05) is 17.2 Å². The van der Waals surface area contributed by atoms with Crippen LogP contribution in [0.15, 0.2) is 119 Å². The topological polar surface area (TPSA) is 310 Å². The fraction of sp³-hybridized carbons (Fsp3) is 0.200. The van der Waals surface area contributed by atoms with E-state index in [1.165, 1.54) is 60.9 Å². The fourth-order valence-corrected chi connectivity index (χ4v) is 7.43. The van der Waals surface area contributed by atoms with Crippen molar-refractivity contribution in [3.8, 4) is 22.5 Å². The van der Waals surface area contributed by atoms with Gasteiger partial charge in [-0.2, -0.15) is 0 Å². The first-order chi connectivity index (χ1) is 30.5. The highest BCUT2D eigenvalue weighted by atomic mass is 32.2. The van der Waals surface area contributed by atoms with Crippen LogP contribution in [-0.4, -0.2) is 65.4 Å². The summed E-state index contributed by atoms with van der Waals surface area (Å²) in [7, 11) is -7.75. The van der Waals surface area contributed by atoms with E-state index in [4.69, 9.17) is 22.3 Å². The molecule has 0 spiro atoms. The first kappa shape index (κ1) is 50.1. The molecule has 0 saturated carbocycles. The number of carbonyl (C=O) groups is 4. The number of aryl methyl sites for hydroxylation is 2. The minimum atomic E-state index is -3.97. The van der Waals surface area contributed by atoms with Gasteiger partial charge in [0.25, 0.3) is 20.0 Å². The number of ketones is 1. The molecule has 0 aliphatic heterocycles. The number of rotatable bonds is 12. The molecule has 65 heavy (non-hydrogen) atoms. The molecule has 0 saturated heterocycles. The predicted molar refractivity (Wildman–Crippen MR) is 246 cm³/mol. The molecule has 0 radical (unpaired) electrons. The Bertz CT molecular complexity index is 2890. The van der Waals surface area contributed by atoms with Crippen molar-refractivity contribution in [1.82, 2.24) is 29.4 Å². The Hall–Kier alpha value is -7.58. The molecular formula is C45H49N9O9S2. The third kappa shape index (κ3) is 14.2. The maximum Gasteiger partial charge on any atom is 0.358 e. The summed E-state index contributed by atoms with van der Waals surface area (Å²) in [6, 6.07) is 26.6. The minimum Gasteiger partial charge on any atom is -0.476 e. The van der Waals surface area contributed by atoms with E-state index >= 15 is 0 Å². The fourth-order valence-electron chi connectivity index (χ4n) is 5.21. The zero-order valence-electron chi connectivity index (χ0n) is 36.3. The van der Waals surface area contributed by atoms with Crippen molar-refractivity contribution in [2.45, 2.75) is 57.8 Å². The molecule has 2 heterocycles. The van der Waals surface area contributed by atoms with Gasteiger partial charge in [-0.3, -0.25) is 14.4 Å². The number of Topliss-reactive ketones (excluding diaryl/α,β-unsaturated/α-hetero) is 1. The molecule has 2 amide bonds. The average Bonchev–Trinajstić information content (AvgIpc) is 3.25. The Labute approximate surface area is 376 Å². The third-order valence-corrected chi connectivity index (χ3v) is 11.8. The van der Waals surface area contributed by atoms with E-state index in [0.29, 0.717) is 22.6 Å². The second-order valence-electron chi connectivity index (χ2n) is 15.1. The number of nitrogens with two attached hydrogens (primary N) is 3. The average molecular weight is 924 g/mol.